The van der Waals surface area contributed by atoms with Crippen LogP contribution < -0.4 is 10.6 Å². The number of benzene rings is 2. The third-order valence-corrected chi connectivity index (χ3v) is 4.00. The number of nitrogens with zero attached hydrogens (tertiary/aromatic N) is 1. The fourth-order valence-corrected chi connectivity index (χ4v) is 2.69. The SMILES string of the molecule is O=C(CCNC(=O)Cc1ccccc1)NCCc1nc2ccccc2[nH]1. The van der Waals surface area contributed by atoms with Crippen LogP contribution in [0.15, 0.2) is 54.6 Å². The van der Waals surface area contributed by atoms with Crippen molar-refractivity contribution >= 4 is 22.8 Å². The van der Waals surface area contributed by atoms with E-state index in [-0.39, 0.29) is 18.2 Å². The molecule has 3 N–H and O–H groups in total. The molecule has 3 aromatic rings. The number of carbonyl (C=O) groups excluding carboxylic acids is 2. The third-order valence-electron chi connectivity index (χ3n) is 4.00. The number of hydrogen-bond donors (Lipinski definition) is 3. The lowest BCUT2D eigenvalue weighted by Crippen LogP contribution is -2.32. The lowest BCUT2D eigenvalue weighted by molar-refractivity contribution is -0.122. The molecule has 0 fully saturated rings. The molecule has 0 bridgehead atoms. The first-order chi connectivity index (χ1) is 12.7. The third kappa shape index (κ3) is 5.17. The van der Waals surface area contributed by atoms with E-state index in [1.54, 1.807) is 0 Å². The largest absolute Gasteiger partial charge is 0.356 e. The maximum Gasteiger partial charge on any atom is 0.224 e. The molecule has 2 aromatic carbocycles. The van der Waals surface area contributed by atoms with E-state index in [4.69, 9.17) is 0 Å². The molecule has 6 heteroatoms. The highest BCUT2D eigenvalue weighted by atomic mass is 16.2. The van der Waals surface area contributed by atoms with Gasteiger partial charge in [-0.15, -0.1) is 0 Å². The number of fused-ring (bicyclic) bond motifs is 1. The maximum absolute atomic E-state index is 11.9. The standard InChI is InChI=1S/C20H22N4O2/c25-19(11-13-22-20(26)14-15-6-2-1-3-7-15)21-12-10-18-23-16-8-4-5-9-17(16)24-18/h1-9H,10-14H2,(H,21,25)(H,22,26)(H,23,24). The summed E-state index contributed by atoms with van der Waals surface area (Å²) >= 11 is 0. The van der Waals surface area contributed by atoms with Gasteiger partial charge in [0.2, 0.25) is 11.8 Å². The van der Waals surface area contributed by atoms with Crippen LogP contribution in [-0.2, 0) is 22.4 Å². The van der Waals surface area contributed by atoms with Crippen molar-refractivity contribution in [1.82, 2.24) is 20.6 Å². The van der Waals surface area contributed by atoms with Gasteiger partial charge < -0.3 is 15.6 Å². The zero-order chi connectivity index (χ0) is 18.2. The number of H-pyrrole nitrogens is 1. The van der Waals surface area contributed by atoms with Crippen LogP contribution in [0.1, 0.15) is 17.8 Å². The predicted octanol–water partition coefficient (Wildman–Crippen LogP) is 1.97. The molecule has 26 heavy (non-hydrogen) atoms. The molecule has 0 aliphatic carbocycles. The zero-order valence-corrected chi connectivity index (χ0v) is 14.5. The van der Waals surface area contributed by atoms with Crippen LogP contribution in [0.5, 0.6) is 0 Å². The van der Waals surface area contributed by atoms with Gasteiger partial charge in [0.05, 0.1) is 17.5 Å². The molecule has 0 saturated carbocycles. The Bertz CT molecular complexity index is 841. The van der Waals surface area contributed by atoms with Gasteiger partial charge in [0, 0.05) is 25.9 Å². The fraction of sp³-hybridized carbons (Fsp3) is 0.250. The summed E-state index contributed by atoms with van der Waals surface area (Å²) in [5.41, 5.74) is 2.88. The number of aromatic nitrogens is 2. The lowest BCUT2D eigenvalue weighted by atomic mass is 10.1. The summed E-state index contributed by atoms with van der Waals surface area (Å²) in [5, 5.41) is 5.62. The minimum Gasteiger partial charge on any atom is -0.356 e. The van der Waals surface area contributed by atoms with Gasteiger partial charge in [0.15, 0.2) is 0 Å². The molecule has 0 spiro atoms. The van der Waals surface area contributed by atoms with Gasteiger partial charge in [-0.25, -0.2) is 4.98 Å². The van der Waals surface area contributed by atoms with Crippen molar-refractivity contribution in [2.24, 2.45) is 0 Å². The molecule has 134 valence electrons. The number of imidazole rings is 1. The van der Waals surface area contributed by atoms with E-state index in [0.29, 0.717) is 25.9 Å². The molecule has 0 aliphatic heterocycles. The summed E-state index contributed by atoms with van der Waals surface area (Å²) in [6.45, 7) is 0.846. The predicted molar refractivity (Wildman–Crippen MR) is 101 cm³/mol. The molecule has 2 amide bonds. The number of hydrogen-bond acceptors (Lipinski definition) is 3. The monoisotopic (exact) mass is 350 g/mol. The summed E-state index contributed by atoms with van der Waals surface area (Å²) in [4.78, 5) is 31.4. The van der Waals surface area contributed by atoms with Crippen molar-refractivity contribution in [3.05, 3.63) is 66.0 Å². The summed E-state index contributed by atoms with van der Waals surface area (Å²) < 4.78 is 0. The zero-order valence-electron chi connectivity index (χ0n) is 14.5. The molecular weight excluding hydrogens is 328 g/mol. The summed E-state index contributed by atoms with van der Waals surface area (Å²) in [6, 6.07) is 17.4. The van der Waals surface area contributed by atoms with Crippen LogP contribution in [0.2, 0.25) is 0 Å². The second-order valence-corrected chi connectivity index (χ2v) is 6.06. The minimum absolute atomic E-state index is 0.0775. The van der Waals surface area contributed by atoms with Gasteiger partial charge in [0.25, 0.3) is 0 Å². The number of aromatic amines is 1. The van der Waals surface area contributed by atoms with E-state index in [9.17, 15) is 9.59 Å². The van der Waals surface area contributed by atoms with Crippen molar-refractivity contribution in [2.75, 3.05) is 13.1 Å². The van der Waals surface area contributed by atoms with E-state index in [0.717, 1.165) is 22.4 Å². The Morgan fingerprint density at radius 3 is 2.42 bits per heavy atom. The Labute approximate surface area is 152 Å². The first-order valence-corrected chi connectivity index (χ1v) is 8.71. The molecular formula is C20H22N4O2. The number of carbonyl (C=O) groups is 2. The summed E-state index contributed by atoms with van der Waals surface area (Å²) in [5.74, 6) is 0.690. The maximum atomic E-state index is 11.9. The number of rotatable bonds is 8. The van der Waals surface area contributed by atoms with Crippen molar-refractivity contribution in [2.45, 2.75) is 19.3 Å². The van der Waals surface area contributed by atoms with E-state index in [1.807, 2.05) is 54.6 Å². The van der Waals surface area contributed by atoms with Crippen molar-refractivity contribution in [1.29, 1.82) is 0 Å². The Kier molecular flexibility index (Phi) is 5.98. The molecule has 3 rings (SSSR count). The van der Waals surface area contributed by atoms with Gasteiger partial charge in [-0.2, -0.15) is 0 Å². The summed E-state index contributed by atoms with van der Waals surface area (Å²) in [6.07, 6.45) is 1.23. The topological polar surface area (TPSA) is 86.9 Å². The first kappa shape index (κ1) is 17.7. The Morgan fingerprint density at radius 1 is 0.885 bits per heavy atom. The Hall–Kier alpha value is -3.15. The van der Waals surface area contributed by atoms with Crippen LogP contribution in [-0.4, -0.2) is 34.9 Å². The van der Waals surface area contributed by atoms with E-state index >= 15 is 0 Å². The van der Waals surface area contributed by atoms with Crippen LogP contribution in [0.4, 0.5) is 0 Å². The van der Waals surface area contributed by atoms with Gasteiger partial charge in [-0.1, -0.05) is 42.5 Å². The Morgan fingerprint density at radius 2 is 1.62 bits per heavy atom. The molecule has 1 heterocycles. The van der Waals surface area contributed by atoms with Crippen LogP contribution in [0.25, 0.3) is 11.0 Å². The molecule has 0 radical (unpaired) electrons. The summed E-state index contributed by atoms with van der Waals surface area (Å²) in [7, 11) is 0. The van der Waals surface area contributed by atoms with Crippen molar-refractivity contribution in [3.8, 4) is 0 Å². The molecule has 0 aliphatic rings. The van der Waals surface area contributed by atoms with Gasteiger partial charge in [0.1, 0.15) is 5.82 Å². The normalized spacial score (nSPS) is 10.6. The van der Waals surface area contributed by atoms with Crippen LogP contribution in [0.3, 0.4) is 0 Å². The Balaban J connectivity index is 1.32. The molecule has 0 saturated heterocycles. The van der Waals surface area contributed by atoms with Gasteiger partial charge in [-0.3, -0.25) is 9.59 Å². The second kappa shape index (κ2) is 8.80. The average molecular weight is 350 g/mol. The van der Waals surface area contributed by atoms with E-state index < -0.39 is 0 Å². The van der Waals surface area contributed by atoms with Crippen LogP contribution in [0, 0.1) is 0 Å². The number of amides is 2. The lowest BCUT2D eigenvalue weighted by Gasteiger charge is -2.06. The minimum atomic E-state index is -0.0823. The van der Waals surface area contributed by atoms with Crippen LogP contribution >= 0.6 is 0 Å². The number of nitrogens with one attached hydrogen (secondary N) is 3. The second-order valence-electron chi connectivity index (χ2n) is 6.06. The van der Waals surface area contributed by atoms with Gasteiger partial charge >= 0.3 is 0 Å². The smallest absolute Gasteiger partial charge is 0.224 e. The first-order valence-electron chi connectivity index (χ1n) is 8.71. The molecule has 6 nitrogen and oxygen atoms in total. The number of para-hydroxylation sites is 2. The fourth-order valence-electron chi connectivity index (χ4n) is 2.69. The highest BCUT2D eigenvalue weighted by molar-refractivity contribution is 5.80. The molecule has 0 atom stereocenters. The highest BCUT2D eigenvalue weighted by Gasteiger charge is 2.06. The van der Waals surface area contributed by atoms with E-state index in [2.05, 4.69) is 20.6 Å². The van der Waals surface area contributed by atoms with E-state index in [1.165, 1.54) is 0 Å². The van der Waals surface area contributed by atoms with Crippen molar-refractivity contribution < 1.29 is 9.59 Å². The van der Waals surface area contributed by atoms with Crippen molar-refractivity contribution in [3.63, 3.8) is 0 Å². The molecule has 0 unspecified atom stereocenters. The molecule has 1 aromatic heterocycles. The highest BCUT2D eigenvalue weighted by Crippen LogP contribution is 2.10. The quantitative estimate of drug-likeness (QED) is 0.580. The average Bonchev–Trinajstić information content (AvgIpc) is 3.05. The van der Waals surface area contributed by atoms with Gasteiger partial charge in [-0.05, 0) is 17.7 Å².